The molecule has 1 aromatic carbocycles. The van der Waals surface area contributed by atoms with Crippen molar-refractivity contribution in [3.05, 3.63) is 57.0 Å². The van der Waals surface area contributed by atoms with Crippen LogP contribution in [0.2, 0.25) is 4.34 Å². The Morgan fingerprint density at radius 1 is 1.37 bits per heavy atom. The molecule has 3 nitrogen and oxygen atoms in total. The summed E-state index contributed by atoms with van der Waals surface area (Å²) in [5.41, 5.74) is 0.159. The zero-order valence-electron chi connectivity index (χ0n) is 9.77. The number of carbonyl (C=O) groups excluding carboxylic acids is 1. The number of rotatable bonds is 4. The number of halogens is 2. The number of aliphatic hydroxyl groups is 1. The predicted octanol–water partition coefficient (Wildman–Crippen LogP) is 3.00. The quantitative estimate of drug-likeness (QED) is 0.912. The fourth-order valence-corrected chi connectivity index (χ4v) is 2.53. The van der Waals surface area contributed by atoms with E-state index >= 15 is 0 Å². The van der Waals surface area contributed by atoms with Crippen LogP contribution in [0, 0.1) is 5.82 Å². The summed E-state index contributed by atoms with van der Waals surface area (Å²) in [6.07, 6.45) is -1.08. The molecule has 1 unspecified atom stereocenters. The average Bonchev–Trinajstić information content (AvgIpc) is 2.83. The maximum atomic E-state index is 13.4. The van der Waals surface area contributed by atoms with E-state index in [0.29, 0.717) is 9.21 Å². The first-order valence-corrected chi connectivity index (χ1v) is 6.73. The molecule has 1 amide bonds. The first-order chi connectivity index (χ1) is 9.08. The molecule has 19 heavy (non-hydrogen) atoms. The minimum absolute atomic E-state index is 0.0602. The molecule has 2 rings (SSSR count). The second kappa shape index (κ2) is 6.14. The number of benzene rings is 1. The summed E-state index contributed by atoms with van der Waals surface area (Å²) in [5, 5.41) is 12.4. The topological polar surface area (TPSA) is 49.3 Å². The van der Waals surface area contributed by atoms with Gasteiger partial charge in [0, 0.05) is 12.1 Å². The molecule has 100 valence electrons. The van der Waals surface area contributed by atoms with Gasteiger partial charge in [-0.3, -0.25) is 4.79 Å². The van der Waals surface area contributed by atoms with E-state index in [2.05, 4.69) is 5.32 Å². The van der Waals surface area contributed by atoms with Gasteiger partial charge in [0.05, 0.1) is 15.3 Å². The molecule has 1 heterocycles. The standard InChI is InChI=1S/C13H11ClFNO2S/c14-12-6-5-11(19-12)13(18)16-7-10(17)8-3-1-2-4-9(8)15/h1-6,10,17H,7H2,(H,16,18). The van der Waals surface area contributed by atoms with Crippen LogP contribution in [0.25, 0.3) is 0 Å². The van der Waals surface area contributed by atoms with Crippen LogP contribution >= 0.6 is 22.9 Å². The van der Waals surface area contributed by atoms with Crippen molar-refractivity contribution in [3.8, 4) is 0 Å². The number of carbonyl (C=O) groups is 1. The molecular weight excluding hydrogens is 289 g/mol. The summed E-state index contributed by atoms with van der Waals surface area (Å²) in [6.45, 7) is -0.0602. The Kier molecular flexibility index (Phi) is 4.52. The Labute approximate surface area is 118 Å². The number of aliphatic hydroxyl groups excluding tert-OH is 1. The van der Waals surface area contributed by atoms with Crippen LogP contribution in [0.4, 0.5) is 4.39 Å². The normalized spacial score (nSPS) is 12.2. The van der Waals surface area contributed by atoms with E-state index in [1.165, 1.54) is 18.2 Å². The zero-order valence-corrected chi connectivity index (χ0v) is 11.3. The van der Waals surface area contributed by atoms with E-state index in [1.54, 1.807) is 18.2 Å². The summed E-state index contributed by atoms with van der Waals surface area (Å²) >= 11 is 6.87. The molecule has 0 spiro atoms. The van der Waals surface area contributed by atoms with E-state index < -0.39 is 11.9 Å². The first kappa shape index (κ1) is 14.0. The lowest BCUT2D eigenvalue weighted by atomic mass is 10.1. The molecule has 0 saturated carbocycles. The number of amides is 1. The van der Waals surface area contributed by atoms with Crippen LogP contribution in [0.15, 0.2) is 36.4 Å². The van der Waals surface area contributed by atoms with Crippen molar-refractivity contribution >= 4 is 28.8 Å². The second-order valence-electron chi connectivity index (χ2n) is 3.85. The number of nitrogens with one attached hydrogen (secondary N) is 1. The fraction of sp³-hybridized carbons (Fsp3) is 0.154. The number of thiophene rings is 1. The van der Waals surface area contributed by atoms with Crippen LogP contribution < -0.4 is 5.32 Å². The molecule has 2 aromatic rings. The Bertz CT molecular complexity index is 588. The van der Waals surface area contributed by atoms with Crippen molar-refractivity contribution in [2.45, 2.75) is 6.10 Å². The molecule has 1 atom stereocenters. The van der Waals surface area contributed by atoms with Crippen molar-refractivity contribution in [2.24, 2.45) is 0 Å². The minimum Gasteiger partial charge on any atom is -0.386 e. The summed E-state index contributed by atoms with van der Waals surface area (Å²) in [6, 6.07) is 9.13. The Morgan fingerprint density at radius 3 is 2.74 bits per heavy atom. The molecular formula is C13H11ClFNO2S. The maximum Gasteiger partial charge on any atom is 0.261 e. The molecule has 0 saturated heterocycles. The van der Waals surface area contributed by atoms with Crippen molar-refractivity contribution in [2.75, 3.05) is 6.54 Å². The Morgan fingerprint density at radius 2 is 2.11 bits per heavy atom. The second-order valence-corrected chi connectivity index (χ2v) is 5.57. The minimum atomic E-state index is -1.08. The molecule has 0 aliphatic heterocycles. The van der Waals surface area contributed by atoms with Gasteiger partial charge in [-0.25, -0.2) is 4.39 Å². The average molecular weight is 300 g/mol. The summed E-state index contributed by atoms with van der Waals surface area (Å²) in [5.74, 6) is -0.837. The molecule has 0 aliphatic carbocycles. The SMILES string of the molecule is O=C(NCC(O)c1ccccc1F)c1ccc(Cl)s1. The van der Waals surface area contributed by atoms with Gasteiger partial charge < -0.3 is 10.4 Å². The van der Waals surface area contributed by atoms with Gasteiger partial charge >= 0.3 is 0 Å². The van der Waals surface area contributed by atoms with E-state index in [0.717, 1.165) is 11.3 Å². The van der Waals surface area contributed by atoms with E-state index in [-0.39, 0.29) is 18.0 Å². The van der Waals surface area contributed by atoms with E-state index in [4.69, 9.17) is 11.6 Å². The summed E-state index contributed by atoms with van der Waals surface area (Å²) in [7, 11) is 0. The van der Waals surface area contributed by atoms with Gasteiger partial charge in [0.1, 0.15) is 5.82 Å². The van der Waals surface area contributed by atoms with E-state index in [1.807, 2.05) is 0 Å². The van der Waals surface area contributed by atoms with Crippen LogP contribution in [0.3, 0.4) is 0 Å². The molecule has 1 aromatic heterocycles. The fourth-order valence-electron chi connectivity index (χ4n) is 1.57. The monoisotopic (exact) mass is 299 g/mol. The molecule has 0 aliphatic rings. The Balaban J connectivity index is 1.96. The highest BCUT2D eigenvalue weighted by atomic mass is 35.5. The van der Waals surface area contributed by atoms with Gasteiger partial charge in [-0.2, -0.15) is 0 Å². The van der Waals surface area contributed by atoms with Crippen LogP contribution in [-0.4, -0.2) is 17.6 Å². The lowest BCUT2D eigenvalue weighted by molar-refractivity contribution is 0.0918. The third kappa shape index (κ3) is 3.53. The highest BCUT2D eigenvalue weighted by molar-refractivity contribution is 7.17. The Hall–Kier alpha value is -1.43. The van der Waals surface area contributed by atoms with Gasteiger partial charge in [0.15, 0.2) is 0 Å². The van der Waals surface area contributed by atoms with Gasteiger partial charge in [0.2, 0.25) is 0 Å². The number of hydrogen-bond acceptors (Lipinski definition) is 3. The third-order valence-corrected chi connectivity index (χ3v) is 3.75. The lowest BCUT2D eigenvalue weighted by Gasteiger charge is -2.12. The summed E-state index contributed by atoms with van der Waals surface area (Å²) in [4.78, 5) is 12.2. The molecule has 2 N–H and O–H groups in total. The molecule has 6 heteroatoms. The number of hydrogen-bond donors (Lipinski definition) is 2. The molecule has 0 radical (unpaired) electrons. The largest absolute Gasteiger partial charge is 0.386 e. The first-order valence-electron chi connectivity index (χ1n) is 5.54. The van der Waals surface area contributed by atoms with Crippen LogP contribution in [0.5, 0.6) is 0 Å². The van der Waals surface area contributed by atoms with Gasteiger partial charge in [-0.15, -0.1) is 11.3 Å². The highest BCUT2D eigenvalue weighted by Gasteiger charge is 2.14. The van der Waals surface area contributed by atoms with Gasteiger partial charge in [-0.05, 0) is 18.2 Å². The lowest BCUT2D eigenvalue weighted by Crippen LogP contribution is -2.28. The van der Waals surface area contributed by atoms with E-state index in [9.17, 15) is 14.3 Å². The van der Waals surface area contributed by atoms with Crippen molar-refractivity contribution in [3.63, 3.8) is 0 Å². The van der Waals surface area contributed by atoms with Crippen molar-refractivity contribution in [1.82, 2.24) is 5.32 Å². The van der Waals surface area contributed by atoms with Crippen LogP contribution in [0.1, 0.15) is 21.3 Å². The maximum absolute atomic E-state index is 13.4. The van der Waals surface area contributed by atoms with Crippen molar-refractivity contribution in [1.29, 1.82) is 0 Å². The molecule has 0 fully saturated rings. The highest BCUT2D eigenvalue weighted by Crippen LogP contribution is 2.21. The summed E-state index contributed by atoms with van der Waals surface area (Å²) < 4.78 is 13.9. The molecule has 0 bridgehead atoms. The van der Waals surface area contributed by atoms with Crippen LogP contribution in [-0.2, 0) is 0 Å². The van der Waals surface area contributed by atoms with Gasteiger partial charge in [-0.1, -0.05) is 29.8 Å². The third-order valence-electron chi connectivity index (χ3n) is 2.52. The predicted molar refractivity (Wildman–Crippen MR) is 73.0 cm³/mol. The zero-order chi connectivity index (χ0) is 13.8. The van der Waals surface area contributed by atoms with Gasteiger partial charge in [0.25, 0.3) is 5.91 Å². The van der Waals surface area contributed by atoms with Crippen molar-refractivity contribution < 1.29 is 14.3 Å². The smallest absolute Gasteiger partial charge is 0.261 e.